The van der Waals surface area contributed by atoms with Gasteiger partial charge in [-0.25, -0.2) is 27.7 Å². The molecule has 1 N–H and O–H groups in total. The van der Waals surface area contributed by atoms with E-state index in [4.69, 9.17) is 9.47 Å². The second-order valence-corrected chi connectivity index (χ2v) is 8.79. The number of rotatable bonds is 8. The molecular weight excluding hydrogens is 454 g/mol. The van der Waals surface area contributed by atoms with E-state index < -0.39 is 27.2 Å². The van der Waals surface area contributed by atoms with E-state index in [0.29, 0.717) is 5.56 Å². The molecule has 0 aliphatic carbocycles. The van der Waals surface area contributed by atoms with Crippen molar-refractivity contribution in [3.05, 3.63) is 57.0 Å². The molecule has 0 aliphatic rings. The first-order valence-corrected chi connectivity index (χ1v) is 11.2. The molecule has 33 heavy (non-hydrogen) atoms. The molecule has 176 valence electrons. The number of carbonyl (C=O) groups is 1. The number of sulfonamides is 1. The van der Waals surface area contributed by atoms with Crippen LogP contribution in [0.3, 0.4) is 0 Å². The number of hydrogen-bond donors (Lipinski definition) is 1. The monoisotopic (exact) mass is 477 g/mol. The summed E-state index contributed by atoms with van der Waals surface area (Å²) < 4.78 is 40.5. The smallest absolute Gasteiger partial charge is 0.332 e. The fourth-order valence-electron chi connectivity index (χ4n) is 3.14. The van der Waals surface area contributed by atoms with Crippen LogP contribution in [-0.2, 0) is 40.2 Å². The zero-order chi connectivity index (χ0) is 24.3. The molecule has 0 fully saturated rings. The van der Waals surface area contributed by atoms with E-state index >= 15 is 0 Å². The summed E-state index contributed by atoms with van der Waals surface area (Å²) in [5, 5.41) is 0. The summed E-state index contributed by atoms with van der Waals surface area (Å²) >= 11 is 0. The predicted molar refractivity (Wildman–Crippen MR) is 119 cm³/mol. The first kappa shape index (κ1) is 23.9. The highest BCUT2D eigenvalue weighted by molar-refractivity contribution is 7.89. The first-order valence-electron chi connectivity index (χ1n) is 9.68. The summed E-state index contributed by atoms with van der Waals surface area (Å²) in [6, 6.07) is 4.44. The Balaban J connectivity index is 1.70. The minimum atomic E-state index is -3.75. The lowest BCUT2D eigenvalue weighted by molar-refractivity contribution is -0.137. The summed E-state index contributed by atoms with van der Waals surface area (Å²) in [5.41, 5.74) is -0.0716. The topological polar surface area (TPSA) is 144 Å². The Kier molecular flexibility index (Phi) is 6.84. The Labute approximate surface area is 188 Å². The third-order valence-electron chi connectivity index (χ3n) is 4.95. The first-order chi connectivity index (χ1) is 15.6. The Hall–Kier alpha value is -3.71. The molecule has 3 rings (SSSR count). The maximum Gasteiger partial charge on any atom is 0.332 e. The third kappa shape index (κ3) is 4.73. The van der Waals surface area contributed by atoms with Crippen LogP contribution in [0.15, 0.2) is 45.1 Å². The molecular formula is C20H23N5O7S. The molecule has 3 aromatic rings. The van der Waals surface area contributed by atoms with Gasteiger partial charge in [0.2, 0.25) is 10.0 Å². The van der Waals surface area contributed by atoms with Gasteiger partial charge < -0.3 is 14.0 Å². The minimum absolute atomic E-state index is 0.0530. The van der Waals surface area contributed by atoms with Gasteiger partial charge in [-0.2, -0.15) is 0 Å². The van der Waals surface area contributed by atoms with E-state index in [1.165, 1.54) is 61.9 Å². The van der Waals surface area contributed by atoms with Crippen molar-refractivity contribution in [1.82, 2.24) is 23.4 Å². The lowest BCUT2D eigenvalue weighted by Crippen LogP contribution is -2.37. The number of aromatic nitrogens is 4. The summed E-state index contributed by atoms with van der Waals surface area (Å²) in [4.78, 5) is 40.5. The average Bonchev–Trinajstić information content (AvgIpc) is 3.23. The van der Waals surface area contributed by atoms with Gasteiger partial charge >= 0.3 is 11.7 Å². The second kappa shape index (κ2) is 9.42. The van der Waals surface area contributed by atoms with Crippen molar-refractivity contribution in [1.29, 1.82) is 0 Å². The highest BCUT2D eigenvalue weighted by atomic mass is 32.2. The van der Waals surface area contributed by atoms with Crippen LogP contribution in [0, 0.1) is 0 Å². The van der Waals surface area contributed by atoms with Crippen molar-refractivity contribution in [2.45, 2.75) is 11.4 Å². The number of esters is 1. The summed E-state index contributed by atoms with van der Waals surface area (Å²) in [7, 11) is 1.77. The molecule has 1 aromatic carbocycles. The molecule has 0 aliphatic heterocycles. The van der Waals surface area contributed by atoms with E-state index in [1.54, 1.807) is 6.07 Å². The van der Waals surface area contributed by atoms with Gasteiger partial charge in [-0.15, -0.1) is 0 Å². The van der Waals surface area contributed by atoms with Gasteiger partial charge in [-0.1, -0.05) is 6.07 Å². The molecule has 12 nitrogen and oxygen atoms in total. The van der Waals surface area contributed by atoms with Crippen LogP contribution in [0.4, 0.5) is 0 Å². The number of ether oxygens (including phenoxy) is 2. The fraction of sp³-hybridized carbons (Fsp3) is 0.300. The van der Waals surface area contributed by atoms with Crippen molar-refractivity contribution in [2.75, 3.05) is 20.8 Å². The van der Waals surface area contributed by atoms with Crippen molar-refractivity contribution in [2.24, 2.45) is 14.1 Å². The van der Waals surface area contributed by atoms with E-state index in [2.05, 4.69) is 9.71 Å². The van der Waals surface area contributed by atoms with Gasteiger partial charge in [0.05, 0.1) is 20.0 Å². The van der Waals surface area contributed by atoms with Gasteiger partial charge in [-0.05, 0) is 30.8 Å². The molecule has 0 unspecified atom stereocenters. The number of benzene rings is 1. The van der Waals surface area contributed by atoms with Crippen molar-refractivity contribution < 1.29 is 22.7 Å². The molecule has 0 radical (unpaired) electrons. The molecule has 2 heterocycles. The molecule has 0 bridgehead atoms. The maximum absolute atomic E-state index is 12.4. The molecule has 0 atom stereocenters. The Morgan fingerprint density at radius 3 is 2.61 bits per heavy atom. The highest BCUT2D eigenvalue weighted by Gasteiger charge is 2.18. The van der Waals surface area contributed by atoms with Crippen LogP contribution in [0.2, 0.25) is 0 Å². The van der Waals surface area contributed by atoms with Crippen LogP contribution >= 0.6 is 0 Å². The van der Waals surface area contributed by atoms with Gasteiger partial charge in [0, 0.05) is 20.2 Å². The standard InChI is InChI=1S/C20H23N5O7S/c1-21-33(29,30)15-11-13(5-7-14(15)31-4)6-8-16(26)32-10-9-25-12-22-18-17(25)19(27)24(3)20(28)23(18)2/h5-8,11-12,21H,9-10H2,1-4H3/b8-6+. The summed E-state index contributed by atoms with van der Waals surface area (Å²) in [6.45, 7) is 0.0965. The Bertz CT molecular complexity index is 1460. The number of imidazole rings is 1. The average molecular weight is 477 g/mol. The van der Waals surface area contributed by atoms with E-state index in [9.17, 15) is 22.8 Å². The summed E-state index contributed by atoms with van der Waals surface area (Å²) in [6.07, 6.45) is 3.97. The fourth-order valence-corrected chi connectivity index (χ4v) is 4.07. The lowest BCUT2D eigenvalue weighted by atomic mass is 10.2. The number of hydrogen-bond acceptors (Lipinski definition) is 8. The van der Waals surface area contributed by atoms with Crippen LogP contribution in [0.1, 0.15) is 5.56 Å². The normalized spacial score (nSPS) is 11.9. The van der Waals surface area contributed by atoms with Crippen LogP contribution in [0.25, 0.3) is 17.2 Å². The largest absolute Gasteiger partial charge is 0.495 e. The van der Waals surface area contributed by atoms with E-state index in [1.807, 2.05) is 0 Å². The van der Waals surface area contributed by atoms with Crippen molar-refractivity contribution >= 4 is 33.2 Å². The third-order valence-corrected chi connectivity index (χ3v) is 6.39. The van der Waals surface area contributed by atoms with Gasteiger partial charge in [0.1, 0.15) is 17.3 Å². The molecule has 0 saturated heterocycles. The van der Waals surface area contributed by atoms with Crippen LogP contribution in [-0.4, -0.2) is 53.8 Å². The molecule has 0 amide bonds. The molecule has 2 aromatic heterocycles. The highest BCUT2D eigenvalue weighted by Crippen LogP contribution is 2.25. The Morgan fingerprint density at radius 2 is 1.94 bits per heavy atom. The summed E-state index contributed by atoms with van der Waals surface area (Å²) in [5.74, 6) is -0.492. The van der Waals surface area contributed by atoms with E-state index in [-0.39, 0.29) is 35.0 Å². The molecule has 0 spiro atoms. The zero-order valence-corrected chi connectivity index (χ0v) is 19.2. The number of methoxy groups -OCH3 is 1. The van der Waals surface area contributed by atoms with Crippen LogP contribution < -0.4 is 20.7 Å². The predicted octanol–water partition coefficient (Wildman–Crippen LogP) is -0.393. The van der Waals surface area contributed by atoms with Gasteiger partial charge in [-0.3, -0.25) is 13.9 Å². The lowest BCUT2D eigenvalue weighted by Gasteiger charge is -2.09. The number of nitrogens with zero attached hydrogens (tertiary/aromatic N) is 4. The minimum Gasteiger partial charge on any atom is -0.495 e. The van der Waals surface area contributed by atoms with Crippen molar-refractivity contribution in [3.63, 3.8) is 0 Å². The number of carbonyl (C=O) groups excluding carboxylic acids is 1. The SMILES string of the molecule is CNS(=O)(=O)c1cc(/C=C/C(=O)OCCn2cnc3c2c(=O)n(C)c(=O)n3C)ccc1OC. The van der Waals surface area contributed by atoms with Gasteiger partial charge in [0.25, 0.3) is 5.56 Å². The maximum atomic E-state index is 12.4. The number of fused-ring (bicyclic) bond motifs is 1. The second-order valence-electron chi connectivity index (χ2n) is 6.93. The van der Waals surface area contributed by atoms with Crippen molar-refractivity contribution in [3.8, 4) is 5.75 Å². The zero-order valence-electron chi connectivity index (χ0n) is 18.4. The van der Waals surface area contributed by atoms with Gasteiger partial charge in [0.15, 0.2) is 11.2 Å². The van der Waals surface area contributed by atoms with E-state index in [0.717, 1.165) is 10.6 Å². The van der Waals surface area contributed by atoms with Crippen LogP contribution in [0.5, 0.6) is 5.75 Å². The molecule has 0 saturated carbocycles. The quantitative estimate of drug-likeness (QED) is 0.341. The number of aryl methyl sites for hydroxylation is 1. The molecule has 13 heteroatoms. The Morgan fingerprint density at radius 1 is 1.21 bits per heavy atom. The number of nitrogens with one attached hydrogen (secondary N) is 1.